The van der Waals surface area contributed by atoms with Crippen molar-refractivity contribution in [2.45, 2.75) is 22.7 Å². The maximum atomic E-state index is 12.8. The molecule has 1 aromatic heterocycles. The van der Waals surface area contributed by atoms with E-state index >= 15 is 0 Å². The van der Waals surface area contributed by atoms with Crippen LogP contribution in [0.2, 0.25) is 10.3 Å². The van der Waals surface area contributed by atoms with Crippen LogP contribution < -0.4 is 5.14 Å². The minimum atomic E-state index is -4.82. The van der Waals surface area contributed by atoms with E-state index in [9.17, 15) is 26.4 Å². The molecule has 0 saturated heterocycles. The average Bonchev–Trinajstić information content (AvgIpc) is 2.57. The lowest BCUT2D eigenvalue weighted by molar-refractivity contribution is -0.134. The molecule has 0 bridgehead atoms. The number of rotatable bonds is 6. The molecule has 0 spiro atoms. The Morgan fingerprint density at radius 2 is 1.89 bits per heavy atom. The second kappa shape index (κ2) is 8.62. The first kappa shape index (κ1) is 23.0. The van der Waals surface area contributed by atoms with E-state index in [4.69, 9.17) is 28.3 Å². The third kappa shape index (κ3) is 5.63. The molecule has 0 aliphatic heterocycles. The van der Waals surface area contributed by atoms with Crippen LogP contribution in [0.25, 0.3) is 0 Å². The van der Waals surface area contributed by atoms with Gasteiger partial charge in [-0.1, -0.05) is 39.7 Å². The number of hydrogen-bond acceptors (Lipinski definition) is 5. The summed E-state index contributed by atoms with van der Waals surface area (Å²) in [5.74, 6) is -0.665. The topological polar surface area (TPSA) is 103 Å². The van der Waals surface area contributed by atoms with Gasteiger partial charge in [-0.05, 0) is 29.3 Å². The van der Waals surface area contributed by atoms with Gasteiger partial charge in [0.2, 0.25) is 15.3 Å². The highest BCUT2D eigenvalue weighted by molar-refractivity contribution is 9.09. The van der Waals surface area contributed by atoms with Crippen LogP contribution in [0.15, 0.2) is 30.5 Å². The lowest BCUT2D eigenvalue weighted by atomic mass is 10.0. The number of benzene rings is 1. The predicted molar refractivity (Wildman–Crippen MR) is 101 cm³/mol. The summed E-state index contributed by atoms with van der Waals surface area (Å²) in [7, 11) is -4.66. The third-order valence-electron chi connectivity index (χ3n) is 3.59. The average molecular weight is 521 g/mol. The first-order chi connectivity index (χ1) is 12.8. The zero-order chi connectivity index (χ0) is 21.3. The van der Waals surface area contributed by atoms with Gasteiger partial charge in [0, 0.05) is 11.8 Å². The van der Waals surface area contributed by atoms with Crippen molar-refractivity contribution in [3.8, 4) is 0 Å². The van der Waals surface area contributed by atoms with Gasteiger partial charge >= 0.3 is 6.18 Å². The number of nitrogens with zero attached hydrogens (tertiary/aromatic N) is 2. The number of carbonyl (C=O) groups is 1. The molecule has 2 atom stereocenters. The zero-order valence-corrected chi connectivity index (χ0v) is 17.5. The molecule has 0 amide bonds. The molecule has 2 unspecified atom stereocenters. The van der Waals surface area contributed by atoms with E-state index in [1.54, 1.807) is 0 Å². The summed E-state index contributed by atoms with van der Waals surface area (Å²) in [6.45, 7) is 0. The second-order valence-electron chi connectivity index (χ2n) is 5.58. The summed E-state index contributed by atoms with van der Waals surface area (Å²) in [6.07, 6.45) is -5.26. The molecule has 28 heavy (non-hydrogen) atoms. The Labute approximate surface area is 176 Å². The summed E-state index contributed by atoms with van der Waals surface area (Å²) in [6, 6.07) is 4.94. The molecular formula is C15H11BrCl2F3N3O3S. The summed E-state index contributed by atoms with van der Waals surface area (Å²) in [5, 5.41) is 2.25. The van der Waals surface area contributed by atoms with E-state index in [0.717, 1.165) is 6.07 Å². The highest BCUT2D eigenvalue weighted by atomic mass is 79.9. The van der Waals surface area contributed by atoms with Crippen molar-refractivity contribution in [3.63, 3.8) is 0 Å². The van der Waals surface area contributed by atoms with E-state index in [0.29, 0.717) is 0 Å². The van der Waals surface area contributed by atoms with Crippen molar-refractivity contribution in [2.75, 3.05) is 0 Å². The molecule has 1 aromatic carbocycles. The van der Waals surface area contributed by atoms with Crippen LogP contribution in [0.3, 0.4) is 0 Å². The Morgan fingerprint density at radius 1 is 1.25 bits per heavy atom. The molecule has 0 aliphatic carbocycles. The van der Waals surface area contributed by atoms with Gasteiger partial charge in [-0.3, -0.25) is 4.79 Å². The SMILES string of the molecule is NS(=O)(=O)C(CC(F)(F)F)c1cccc(C(=O)C(Br)c2ccnc(Cl)n2)c1Cl. The molecule has 0 radical (unpaired) electrons. The van der Waals surface area contributed by atoms with Gasteiger partial charge in [0.25, 0.3) is 0 Å². The van der Waals surface area contributed by atoms with E-state index in [2.05, 4.69) is 25.9 Å². The first-order valence-corrected chi connectivity index (χ1v) is 10.6. The number of ketones is 1. The first-order valence-electron chi connectivity index (χ1n) is 7.34. The Morgan fingerprint density at radius 3 is 2.43 bits per heavy atom. The van der Waals surface area contributed by atoms with Crippen molar-refractivity contribution in [1.82, 2.24) is 9.97 Å². The van der Waals surface area contributed by atoms with Gasteiger partial charge < -0.3 is 0 Å². The Kier molecular flexibility index (Phi) is 7.08. The minimum absolute atomic E-state index is 0.117. The van der Waals surface area contributed by atoms with Crippen LogP contribution >= 0.6 is 39.1 Å². The fourth-order valence-corrected chi connectivity index (χ4v) is 4.40. The molecular weight excluding hydrogens is 510 g/mol. The Bertz CT molecular complexity index is 1010. The van der Waals surface area contributed by atoms with Crippen molar-refractivity contribution in [3.05, 3.63) is 57.6 Å². The standard InChI is InChI=1S/C15H11BrCl2F3N3O3S/c16-11(9-4-5-23-14(18)24-9)13(25)8-3-1-2-7(12(8)17)10(28(22,26)27)6-15(19,20)21/h1-5,10-11H,6H2,(H2,22,26,27). The maximum absolute atomic E-state index is 12.8. The number of alkyl halides is 4. The molecule has 0 fully saturated rings. The van der Waals surface area contributed by atoms with E-state index in [1.807, 2.05) is 0 Å². The van der Waals surface area contributed by atoms with Crippen LogP contribution in [0.5, 0.6) is 0 Å². The van der Waals surface area contributed by atoms with Crippen LogP contribution in [0.4, 0.5) is 13.2 Å². The molecule has 13 heteroatoms. The minimum Gasteiger partial charge on any atom is -0.292 e. The van der Waals surface area contributed by atoms with E-state index < -0.39 is 49.1 Å². The highest BCUT2D eigenvalue weighted by Gasteiger charge is 2.39. The van der Waals surface area contributed by atoms with Crippen molar-refractivity contribution in [1.29, 1.82) is 0 Å². The van der Waals surface area contributed by atoms with Gasteiger partial charge in [-0.25, -0.2) is 23.5 Å². The smallest absolute Gasteiger partial charge is 0.292 e. The number of primary sulfonamides is 1. The number of nitrogens with two attached hydrogens (primary N) is 1. The lowest BCUT2D eigenvalue weighted by Gasteiger charge is -2.20. The summed E-state index contributed by atoms with van der Waals surface area (Å²) in [4.78, 5) is 19.3. The molecule has 6 nitrogen and oxygen atoms in total. The van der Waals surface area contributed by atoms with E-state index in [1.165, 1.54) is 24.4 Å². The van der Waals surface area contributed by atoms with Crippen LogP contribution in [0, 0.1) is 0 Å². The van der Waals surface area contributed by atoms with Gasteiger partial charge in [0.05, 0.1) is 17.1 Å². The predicted octanol–water partition coefficient (Wildman–Crippen LogP) is 4.38. The third-order valence-corrected chi connectivity index (χ3v) is 6.29. The normalized spacial score (nSPS) is 14.5. The quantitative estimate of drug-likeness (QED) is 0.346. The molecule has 1 heterocycles. The number of aromatic nitrogens is 2. The number of halogens is 6. The molecule has 0 aliphatic rings. The fraction of sp³-hybridized carbons (Fsp3) is 0.267. The molecule has 152 valence electrons. The lowest BCUT2D eigenvalue weighted by Crippen LogP contribution is -2.27. The number of carbonyl (C=O) groups excluding carboxylic acids is 1. The Hall–Kier alpha value is -1.27. The van der Waals surface area contributed by atoms with Crippen LogP contribution in [-0.2, 0) is 10.0 Å². The number of hydrogen-bond donors (Lipinski definition) is 1. The number of sulfonamides is 1. The van der Waals surface area contributed by atoms with Crippen LogP contribution in [0.1, 0.15) is 38.1 Å². The Balaban J connectivity index is 2.50. The summed E-state index contributed by atoms with van der Waals surface area (Å²) < 4.78 is 62.0. The van der Waals surface area contributed by atoms with Crippen LogP contribution in [-0.4, -0.2) is 30.3 Å². The monoisotopic (exact) mass is 519 g/mol. The van der Waals surface area contributed by atoms with Gasteiger partial charge in [-0.15, -0.1) is 0 Å². The van der Waals surface area contributed by atoms with Gasteiger partial charge in [0.1, 0.15) is 10.1 Å². The zero-order valence-electron chi connectivity index (χ0n) is 13.6. The highest BCUT2D eigenvalue weighted by Crippen LogP contribution is 2.39. The van der Waals surface area contributed by atoms with E-state index in [-0.39, 0.29) is 16.5 Å². The molecule has 0 saturated carbocycles. The summed E-state index contributed by atoms with van der Waals surface area (Å²) in [5.41, 5.74) is -0.441. The van der Waals surface area contributed by atoms with Crippen molar-refractivity contribution >= 4 is 54.9 Å². The second-order valence-corrected chi connectivity index (χ2v) is 8.96. The number of Topliss-reactive ketones (excluding diaryl/α,β-unsaturated/α-hetero) is 1. The summed E-state index contributed by atoms with van der Waals surface area (Å²) >= 11 is 14.9. The van der Waals surface area contributed by atoms with Crippen molar-refractivity contribution < 1.29 is 26.4 Å². The van der Waals surface area contributed by atoms with Gasteiger partial charge in [0.15, 0.2) is 5.78 Å². The van der Waals surface area contributed by atoms with Gasteiger partial charge in [-0.2, -0.15) is 13.2 Å². The molecule has 2 N–H and O–H groups in total. The van der Waals surface area contributed by atoms with Crippen molar-refractivity contribution in [2.24, 2.45) is 5.14 Å². The largest absolute Gasteiger partial charge is 0.390 e. The maximum Gasteiger partial charge on any atom is 0.390 e. The fourth-order valence-electron chi connectivity index (χ4n) is 2.36. The molecule has 2 rings (SSSR count). The molecule has 2 aromatic rings.